The van der Waals surface area contributed by atoms with Gasteiger partial charge in [-0.05, 0) is 25.0 Å². The van der Waals surface area contributed by atoms with Gasteiger partial charge >= 0.3 is 0 Å². The molecule has 5 nitrogen and oxygen atoms in total. The minimum Gasteiger partial charge on any atom is -0.488 e. The van der Waals surface area contributed by atoms with Crippen molar-refractivity contribution in [1.29, 1.82) is 0 Å². The van der Waals surface area contributed by atoms with Crippen LogP contribution in [-0.4, -0.2) is 30.2 Å². The van der Waals surface area contributed by atoms with Crippen LogP contribution in [0.25, 0.3) is 0 Å². The van der Waals surface area contributed by atoms with Gasteiger partial charge in [-0.2, -0.15) is 0 Å². The first-order chi connectivity index (χ1) is 7.77. The van der Waals surface area contributed by atoms with E-state index in [9.17, 15) is 4.79 Å². The minimum atomic E-state index is -0.581. The van der Waals surface area contributed by atoms with Crippen LogP contribution in [0.2, 0.25) is 0 Å². The average molecular weight is 222 g/mol. The molecule has 0 radical (unpaired) electrons. The first kappa shape index (κ1) is 10.9. The van der Waals surface area contributed by atoms with Crippen LogP contribution in [0.5, 0.6) is 5.75 Å². The number of pyridine rings is 1. The smallest absolute Gasteiger partial charge is 0.271 e. The van der Waals surface area contributed by atoms with Crippen LogP contribution in [0.1, 0.15) is 23.3 Å². The Hall–Kier alpha value is -1.62. The molecule has 0 aliphatic carbocycles. The van der Waals surface area contributed by atoms with Crippen molar-refractivity contribution in [3.63, 3.8) is 0 Å². The SMILES string of the molecule is NC(=O)c1ncccc1OCC1CCCO1. The van der Waals surface area contributed by atoms with Gasteiger partial charge in [0.25, 0.3) is 5.91 Å². The normalized spacial score (nSPS) is 19.6. The second-order valence-corrected chi connectivity index (χ2v) is 3.66. The van der Waals surface area contributed by atoms with Crippen LogP contribution in [0, 0.1) is 0 Å². The van der Waals surface area contributed by atoms with Gasteiger partial charge < -0.3 is 15.2 Å². The summed E-state index contributed by atoms with van der Waals surface area (Å²) in [5.41, 5.74) is 5.35. The van der Waals surface area contributed by atoms with E-state index in [1.165, 1.54) is 6.20 Å². The fourth-order valence-electron chi connectivity index (χ4n) is 1.65. The summed E-state index contributed by atoms with van der Waals surface area (Å²) >= 11 is 0. The van der Waals surface area contributed by atoms with Gasteiger partial charge in [0.1, 0.15) is 6.61 Å². The third-order valence-corrected chi connectivity index (χ3v) is 2.45. The number of hydrogen-bond acceptors (Lipinski definition) is 4. The highest BCUT2D eigenvalue weighted by molar-refractivity contribution is 5.93. The summed E-state index contributed by atoms with van der Waals surface area (Å²) in [7, 11) is 0. The summed E-state index contributed by atoms with van der Waals surface area (Å²) in [6.45, 7) is 1.22. The summed E-state index contributed by atoms with van der Waals surface area (Å²) in [6.07, 6.45) is 3.68. The molecule has 1 saturated heterocycles. The molecule has 16 heavy (non-hydrogen) atoms. The predicted octanol–water partition coefficient (Wildman–Crippen LogP) is 0.738. The lowest BCUT2D eigenvalue weighted by Crippen LogP contribution is -2.19. The second-order valence-electron chi connectivity index (χ2n) is 3.66. The summed E-state index contributed by atoms with van der Waals surface area (Å²) in [6, 6.07) is 3.39. The lowest BCUT2D eigenvalue weighted by Gasteiger charge is -2.12. The Bertz CT molecular complexity index is 375. The Kier molecular flexibility index (Phi) is 3.36. The number of amides is 1. The molecule has 2 N–H and O–H groups in total. The molecular formula is C11H14N2O3. The molecule has 1 amide bonds. The Balaban J connectivity index is 2.00. The number of ether oxygens (including phenoxy) is 2. The van der Waals surface area contributed by atoms with Crippen molar-refractivity contribution in [2.45, 2.75) is 18.9 Å². The van der Waals surface area contributed by atoms with Crippen LogP contribution in [0.15, 0.2) is 18.3 Å². The maximum absolute atomic E-state index is 11.1. The van der Waals surface area contributed by atoms with Crippen molar-refractivity contribution in [1.82, 2.24) is 4.98 Å². The molecule has 0 bridgehead atoms. The third kappa shape index (κ3) is 2.49. The van der Waals surface area contributed by atoms with Crippen molar-refractivity contribution in [3.05, 3.63) is 24.0 Å². The number of carbonyl (C=O) groups excluding carboxylic acids is 1. The quantitative estimate of drug-likeness (QED) is 0.815. The molecule has 2 heterocycles. The summed E-state index contributed by atoms with van der Waals surface area (Å²) in [5.74, 6) is -0.159. The van der Waals surface area contributed by atoms with Gasteiger partial charge in [-0.3, -0.25) is 4.79 Å². The maximum atomic E-state index is 11.1. The van der Waals surface area contributed by atoms with Gasteiger partial charge in [-0.15, -0.1) is 0 Å². The van der Waals surface area contributed by atoms with Crippen LogP contribution < -0.4 is 10.5 Å². The number of rotatable bonds is 4. The monoisotopic (exact) mass is 222 g/mol. The molecule has 2 rings (SSSR count). The number of nitrogens with two attached hydrogens (primary N) is 1. The molecule has 1 fully saturated rings. The molecule has 0 aromatic carbocycles. The van der Waals surface area contributed by atoms with Gasteiger partial charge in [0, 0.05) is 12.8 Å². The Morgan fingerprint density at radius 2 is 2.56 bits per heavy atom. The molecule has 1 aromatic rings. The van der Waals surface area contributed by atoms with E-state index in [4.69, 9.17) is 15.2 Å². The lowest BCUT2D eigenvalue weighted by atomic mass is 10.2. The zero-order valence-electron chi connectivity index (χ0n) is 8.89. The van der Waals surface area contributed by atoms with Crippen molar-refractivity contribution >= 4 is 5.91 Å². The van der Waals surface area contributed by atoms with E-state index in [2.05, 4.69) is 4.98 Å². The maximum Gasteiger partial charge on any atom is 0.271 e. The third-order valence-electron chi connectivity index (χ3n) is 2.45. The topological polar surface area (TPSA) is 74.4 Å². The van der Waals surface area contributed by atoms with Crippen molar-refractivity contribution in [3.8, 4) is 5.75 Å². The zero-order valence-corrected chi connectivity index (χ0v) is 8.89. The summed E-state index contributed by atoms with van der Waals surface area (Å²) in [5, 5.41) is 0. The van der Waals surface area contributed by atoms with Crippen LogP contribution >= 0.6 is 0 Å². The highest BCUT2D eigenvalue weighted by Gasteiger charge is 2.17. The Morgan fingerprint density at radius 3 is 3.25 bits per heavy atom. The van der Waals surface area contributed by atoms with Crippen LogP contribution in [0.4, 0.5) is 0 Å². The Morgan fingerprint density at radius 1 is 1.69 bits per heavy atom. The number of nitrogens with zero attached hydrogens (tertiary/aromatic N) is 1. The second kappa shape index (κ2) is 4.94. The van der Waals surface area contributed by atoms with E-state index in [1.807, 2.05) is 0 Å². The number of hydrogen-bond donors (Lipinski definition) is 1. The fourth-order valence-corrected chi connectivity index (χ4v) is 1.65. The number of carbonyl (C=O) groups is 1. The summed E-state index contributed by atoms with van der Waals surface area (Å²) < 4.78 is 10.9. The van der Waals surface area contributed by atoms with Crippen molar-refractivity contribution in [2.24, 2.45) is 5.73 Å². The van der Waals surface area contributed by atoms with Crippen LogP contribution in [-0.2, 0) is 4.74 Å². The van der Waals surface area contributed by atoms with Gasteiger partial charge in [0.15, 0.2) is 11.4 Å². The van der Waals surface area contributed by atoms with E-state index in [1.54, 1.807) is 12.1 Å². The minimum absolute atomic E-state index is 0.112. The highest BCUT2D eigenvalue weighted by atomic mass is 16.5. The molecular weight excluding hydrogens is 208 g/mol. The zero-order chi connectivity index (χ0) is 11.4. The van der Waals surface area contributed by atoms with Gasteiger partial charge in [0.2, 0.25) is 0 Å². The van der Waals surface area contributed by atoms with Gasteiger partial charge in [-0.1, -0.05) is 0 Å². The Labute approximate surface area is 93.6 Å². The molecule has 1 unspecified atom stereocenters. The van der Waals surface area contributed by atoms with Crippen molar-refractivity contribution in [2.75, 3.05) is 13.2 Å². The predicted molar refractivity (Wildman–Crippen MR) is 57.2 cm³/mol. The van der Waals surface area contributed by atoms with Gasteiger partial charge in [-0.25, -0.2) is 4.98 Å². The molecule has 1 aliphatic heterocycles. The van der Waals surface area contributed by atoms with Crippen molar-refractivity contribution < 1.29 is 14.3 Å². The first-order valence-electron chi connectivity index (χ1n) is 5.26. The van der Waals surface area contributed by atoms with Gasteiger partial charge in [0.05, 0.1) is 6.10 Å². The molecule has 5 heteroatoms. The highest BCUT2D eigenvalue weighted by Crippen LogP contribution is 2.18. The molecule has 0 saturated carbocycles. The molecule has 0 spiro atoms. The lowest BCUT2D eigenvalue weighted by molar-refractivity contribution is 0.0670. The van der Waals surface area contributed by atoms with E-state index in [0.29, 0.717) is 12.4 Å². The molecule has 1 aromatic heterocycles. The van der Waals surface area contributed by atoms with E-state index in [-0.39, 0.29) is 11.8 Å². The van der Waals surface area contributed by atoms with E-state index in [0.717, 1.165) is 19.4 Å². The number of aromatic nitrogens is 1. The molecule has 1 atom stereocenters. The fraction of sp³-hybridized carbons (Fsp3) is 0.455. The first-order valence-corrected chi connectivity index (χ1v) is 5.26. The molecule has 86 valence electrons. The number of primary amides is 1. The molecule has 1 aliphatic rings. The van der Waals surface area contributed by atoms with E-state index < -0.39 is 5.91 Å². The van der Waals surface area contributed by atoms with Crippen LogP contribution in [0.3, 0.4) is 0 Å². The van der Waals surface area contributed by atoms with E-state index >= 15 is 0 Å². The average Bonchev–Trinajstić information content (AvgIpc) is 2.79. The standard InChI is InChI=1S/C11H14N2O3/c12-11(14)10-9(4-1-5-13-10)16-7-8-3-2-6-15-8/h1,4-5,8H,2-3,6-7H2,(H2,12,14). The largest absolute Gasteiger partial charge is 0.488 e. The summed E-state index contributed by atoms with van der Waals surface area (Å²) in [4.78, 5) is 14.9.